The van der Waals surface area contributed by atoms with Gasteiger partial charge in [-0.2, -0.15) is 0 Å². The van der Waals surface area contributed by atoms with Crippen LogP contribution in [0, 0.1) is 0 Å². The first-order valence-electron chi connectivity index (χ1n) is 10.5. The highest BCUT2D eigenvalue weighted by Crippen LogP contribution is 2.39. The molecule has 7 heteroatoms. The van der Waals surface area contributed by atoms with Crippen LogP contribution >= 0.6 is 0 Å². The zero-order chi connectivity index (χ0) is 21.8. The standard InChI is InChI=1S/C24H22N2O5/c1-15(26-22(29)16-6-2-3-7-17(16)23(26)30)21(28)25-12-10-24(11-13-25)14-19(27)18-8-4-5-9-20(18)31-24/h2-9,15H,10-14H2,1H3. The zero-order valence-electron chi connectivity index (χ0n) is 17.2. The van der Waals surface area contributed by atoms with Gasteiger partial charge >= 0.3 is 0 Å². The van der Waals surface area contributed by atoms with Crippen molar-refractivity contribution in [1.29, 1.82) is 0 Å². The van der Waals surface area contributed by atoms with Crippen LogP contribution in [0.3, 0.4) is 0 Å². The van der Waals surface area contributed by atoms with E-state index >= 15 is 0 Å². The Morgan fingerprint density at radius 2 is 1.45 bits per heavy atom. The van der Waals surface area contributed by atoms with Gasteiger partial charge in [0.2, 0.25) is 5.91 Å². The van der Waals surface area contributed by atoms with Crippen LogP contribution in [0.2, 0.25) is 0 Å². The van der Waals surface area contributed by atoms with Gasteiger partial charge < -0.3 is 9.64 Å². The molecule has 0 aromatic heterocycles. The fraction of sp³-hybridized carbons (Fsp3) is 0.333. The molecule has 5 rings (SSSR count). The SMILES string of the molecule is CC(C(=O)N1CCC2(CC1)CC(=O)c1ccccc1O2)N1C(=O)c2ccccc2C1=O. The molecule has 2 aromatic rings. The lowest BCUT2D eigenvalue weighted by Gasteiger charge is -2.44. The van der Waals surface area contributed by atoms with E-state index in [1.807, 2.05) is 12.1 Å². The number of carbonyl (C=O) groups excluding carboxylic acids is 4. The molecule has 1 unspecified atom stereocenters. The molecule has 1 spiro atoms. The smallest absolute Gasteiger partial charge is 0.262 e. The minimum absolute atomic E-state index is 0.0565. The Hall–Kier alpha value is -3.48. The number of imide groups is 1. The Kier molecular flexibility index (Phi) is 4.43. The Labute approximate surface area is 179 Å². The molecule has 3 heterocycles. The molecule has 3 amide bonds. The number of nitrogens with zero attached hydrogens (tertiary/aromatic N) is 2. The molecular formula is C24H22N2O5. The van der Waals surface area contributed by atoms with Crippen LogP contribution in [-0.2, 0) is 4.79 Å². The fourth-order valence-electron chi connectivity index (χ4n) is 4.79. The van der Waals surface area contributed by atoms with Crippen molar-refractivity contribution < 1.29 is 23.9 Å². The summed E-state index contributed by atoms with van der Waals surface area (Å²) >= 11 is 0. The predicted octanol–water partition coefficient (Wildman–Crippen LogP) is 2.70. The van der Waals surface area contributed by atoms with Crippen LogP contribution in [0.5, 0.6) is 5.75 Å². The number of rotatable bonds is 2. The molecule has 1 saturated heterocycles. The third-order valence-corrected chi connectivity index (χ3v) is 6.55. The van der Waals surface area contributed by atoms with Gasteiger partial charge in [-0.3, -0.25) is 24.1 Å². The van der Waals surface area contributed by atoms with E-state index in [1.54, 1.807) is 48.2 Å². The maximum Gasteiger partial charge on any atom is 0.262 e. The second kappa shape index (κ2) is 7.04. The number of hydrogen-bond donors (Lipinski definition) is 0. The summed E-state index contributed by atoms with van der Waals surface area (Å²) in [7, 11) is 0. The number of ketones is 1. The summed E-state index contributed by atoms with van der Waals surface area (Å²) < 4.78 is 6.22. The van der Waals surface area contributed by atoms with E-state index in [0.717, 1.165) is 4.90 Å². The maximum atomic E-state index is 13.1. The summed E-state index contributed by atoms with van der Waals surface area (Å²) in [6.45, 7) is 2.40. The monoisotopic (exact) mass is 418 g/mol. The van der Waals surface area contributed by atoms with Crippen LogP contribution in [0.15, 0.2) is 48.5 Å². The highest BCUT2D eigenvalue weighted by Gasteiger charge is 2.46. The Bertz CT molecular complexity index is 1080. The molecule has 3 aliphatic rings. The summed E-state index contributed by atoms with van der Waals surface area (Å²) in [5, 5.41) is 0. The quantitative estimate of drug-likeness (QED) is 0.701. The van der Waals surface area contributed by atoms with E-state index in [0.29, 0.717) is 54.8 Å². The van der Waals surface area contributed by atoms with Gasteiger partial charge in [-0.1, -0.05) is 24.3 Å². The highest BCUT2D eigenvalue weighted by molar-refractivity contribution is 6.22. The highest BCUT2D eigenvalue weighted by atomic mass is 16.5. The lowest BCUT2D eigenvalue weighted by atomic mass is 9.82. The first kappa shape index (κ1) is 19.5. The molecule has 31 heavy (non-hydrogen) atoms. The lowest BCUT2D eigenvalue weighted by Crippen LogP contribution is -2.56. The second-order valence-electron chi connectivity index (χ2n) is 8.41. The first-order valence-corrected chi connectivity index (χ1v) is 10.5. The van der Waals surface area contributed by atoms with E-state index in [1.165, 1.54) is 0 Å². The largest absolute Gasteiger partial charge is 0.486 e. The maximum absolute atomic E-state index is 13.1. The molecule has 0 N–H and O–H groups in total. The number of fused-ring (bicyclic) bond motifs is 2. The van der Waals surface area contributed by atoms with Gasteiger partial charge in [-0.05, 0) is 31.2 Å². The topological polar surface area (TPSA) is 84.0 Å². The van der Waals surface area contributed by atoms with E-state index in [4.69, 9.17) is 4.74 Å². The molecule has 2 aromatic carbocycles. The van der Waals surface area contributed by atoms with Crippen molar-refractivity contribution >= 4 is 23.5 Å². The number of Topliss-reactive ketones (excluding diaryl/α,β-unsaturated/α-hetero) is 1. The average Bonchev–Trinajstić information content (AvgIpc) is 3.04. The van der Waals surface area contributed by atoms with Crippen molar-refractivity contribution in [2.24, 2.45) is 0 Å². The number of likely N-dealkylation sites (tertiary alicyclic amines) is 1. The van der Waals surface area contributed by atoms with E-state index in [-0.39, 0.29) is 11.7 Å². The number of amides is 3. The van der Waals surface area contributed by atoms with Gasteiger partial charge in [0.25, 0.3) is 11.8 Å². The van der Waals surface area contributed by atoms with Crippen LogP contribution in [-0.4, -0.2) is 58.0 Å². The molecule has 0 saturated carbocycles. The molecule has 0 aliphatic carbocycles. The Morgan fingerprint density at radius 1 is 0.903 bits per heavy atom. The summed E-state index contributed by atoms with van der Waals surface area (Å²) in [6, 6.07) is 13.0. The van der Waals surface area contributed by atoms with Crippen molar-refractivity contribution in [3.05, 3.63) is 65.2 Å². The van der Waals surface area contributed by atoms with E-state index < -0.39 is 23.5 Å². The Balaban J connectivity index is 1.28. The normalized spacial score (nSPS) is 20.4. The molecule has 158 valence electrons. The molecule has 7 nitrogen and oxygen atoms in total. The Morgan fingerprint density at radius 3 is 2.06 bits per heavy atom. The molecule has 1 atom stereocenters. The van der Waals surface area contributed by atoms with E-state index in [2.05, 4.69) is 0 Å². The number of hydrogen-bond acceptors (Lipinski definition) is 5. The van der Waals surface area contributed by atoms with Gasteiger partial charge in [0.1, 0.15) is 17.4 Å². The fourth-order valence-corrected chi connectivity index (χ4v) is 4.79. The summed E-state index contributed by atoms with van der Waals surface area (Å²) in [5.74, 6) is -0.494. The van der Waals surface area contributed by atoms with Crippen LogP contribution in [0.1, 0.15) is 57.3 Å². The molecule has 1 fully saturated rings. The summed E-state index contributed by atoms with van der Waals surface area (Å²) in [5.41, 5.74) is 0.655. The second-order valence-corrected chi connectivity index (χ2v) is 8.41. The third kappa shape index (κ3) is 3.03. The molecule has 0 bridgehead atoms. The molecular weight excluding hydrogens is 396 g/mol. The minimum Gasteiger partial charge on any atom is -0.486 e. The average molecular weight is 418 g/mol. The van der Waals surface area contributed by atoms with Gasteiger partial charge in [-0.15, -0.1) is 0 Å². The number of ether oxygens (including phenoxy) is 1. The summed E-state index contributed by atoms with van der Waals surface area (Å²) in [6.07, 6.45) is 1.33. The van der Waals surface area contributed by atoms with Crippen molar-refractivity contribution in [2.45, 2.75) is 37.8 Å². The van der Waals surface area contributed by atoms with Gasteiger partial charge in [0.05, 0.1) is 23.1 Å². The van der Waals surface area contributed by atoms with Crippen LogP contribution in [0.4, 0.5) is 0 Å². The minimum atomic E-state index is -0.893. The van der Waals surface area contributed by atoms with Crippen molar-refractivity contribution in [3.8, 4) is 5.75 Å². The summed E-state index contributed by atoms with van der Waals surface area (Å²) in [4.78, 5) is 53.9. The van der Waals surface area contributed by atoms with Crippen molar-refractivity contribution in [1.82, 2.24) is 9.80 Å². The van der Waals surface area contributed by atoms with Crippen LogP contribution < -0.4 is 4.74 Å². The number of para-hydroxylation sites is 1. The third-order valence-electron chi connectivity index (χ3n) is 6.55. The van der Waals surface area contributed by atoms with Gasteiger partial charge in [0.15, 0.2) is 5.78 Å². The van der Waals surface area contributed by atoms with Gasteiger partial charge in [-0.25, -0.2) is 0 Å². The van der Waals surface area contributed by atoms with Crippen LogP contribution in [0.25, 0.3) is 0 Å². The van der Waals surface area contributed by atoms with E-state index in [9.17, 15) is 19.2 Å². The number of benzene rings is 2. The predicted molar refractivity (Wildman–Crippen MR) is 111 cm³/mol. The van der Waals surface area contributed by atoms with Crippen molar-refractivity contribution in [3.63, 3.8) is 0 Å². The van der Waals surface area contributed by atoms with Gasteiger partial charge in [0, 0.05) is 25.9 Å². The van der Waals surface area contributed by atoms with Crippen molar-refractivity contribution in [2.75, 3.05) is 13.1 Å². The molecule has 3 aliphatic heterocycles. The lowest BCUT2D eigenvalue weighted by molar-refractivity contribution is -0.138. The number of carbonyl (C=O) groups is 4. The molecule has 0 radical (unpaired) electrons. The zero-order valence-corrected chi connectivity index (χ0v) is 17.2. The first-order chi connectivity index (χ1) is 14.9. The number of piperidine rings is 1.